The van der Waals surface area contributed by atoms with Crippen molar-refractivity contribution in [2.24, 2.45) is 10.7 Å². The summed E-state index contributed by atoms with van der Waals surface area (Å²) in [6.07, 6.45) is 5.58. The highest BCUT2D eigenvalue weighted by molar-refractivity contribution is 5.81. The van der Waals surface area contributed by atoms with E-state index < -0.39 is 11.7 Å². The van der Waals surface area contributed by atoms with Crippen LogP contribution in [0.2, 0.25) is 0 Å². The van der Waals surface area contributed by atoms with Crippen molar-refractivity contribution in [1.82, 2.24) is 0 Å². The molecule has 0 aliphatic heterocycles. The molecule has 3 N–H and O–H groups in total. The molecule has 0 saturated carbocycles. The summed E-state index contributed by atoms with van der Waals surface area (Å²) in [6.45, 7) is 3.41. The topological polar surface area (TPSA) is 58.6 Å². The lowest BCUT2D eigenvalue weighted by Gasteiger charge is -2.08. The Morgan fingerprint density at radius 3 is 2.31 bits per heavy atom. The molecule has 1 aliphatic rings. The number of benzene rings is 1. The Kier molecular flexibility index (Phi) is 9.92. The summed E-state index contributed by atoms with van der Waals surface area (Å²) in [5.41, 5.74) is 7.10. The number of allylic oxidation sites excluding steroid dienone is 7. The Morgan fingerprint density at radius 2 is 1.86 bits per heavy atom. The Balaban J connectivity index is 0.000000436. The molecule has 0 heterocycles. The molecule has 7 heteroatoms. The Labute approximate surface area is 168 Å². The molecule has 0 fully saturated rings. The van der Waals surface area contributed by atoms with Crippen molar-refractivity contribution in [3.63, 3.8) is 0 Å². The van der Waals surface area contributed by atoms with E-state index in [1.165, 1.54) is 24.3 Å². The first-order valence-corrected chi connectivity index (χ1v) is 9.25. The van der Waals surface area contributed by atoms with Crippen LogP contribution in [0.3, 0.4) is 0 Å². The van der Waals surface area contributed by atoms with Crippen molar-refractivity contribution in [2.45, 2.75) is 45.7 Å². The van der Waals surface area contributed by atoms with Crippen LogP contribution in [0, 0.1) is 5.82 Å². The third kappa shape index (κ3) is 9.27. The van der Waals surface area contributed by atoms with Gasteiger partial charge in [0.2, 0.25) is 0 Å². The zero-order valence-corrected chi connectivity index (χ0v) is 16.5. The van der Waals surface area contributed by atoms with Gasteiger partial charge in [0.05, 0.1) is 11.3 Å². The molecule has 2 rings (SSSR count). The quantitative estimate of drug-likeness (QED) is 0.338. The summed E-state index contributed by atoms with van der Waals surface area (Å²) in [5, 5.41) is 8.59. The van der Waals surface area contributed by atoms with Crippen molar-refractivity contribution in [2.75, 3.05) is 0 Å². The minimum atomic E-state index is -4.37. The SMILES string of the molecule is C\C=C/C(=C\C(=C\CC)C(F)(F)F)N=CC1=C(N)CCC1.Oc1ccc(F)cc1. The number of phenolic OH excluding ortho intramolecular Hbond substituents is 1. The number of nitrogens with two attached hydrogens (primary N) is 1. The van der Waals surface area contributed by atoms with E-state index in [1.54, 1.807) is 32.2 Å². The predicted octanol–water partition coefficient (Wildman–Crippen LogP) is 6.34. The van der Waals surface area contributed by atoms with Gasteiger partial charge in [0.1, 0.15) is 11.6 Å². The molecule has 0 unspecified atom stereocenters. The summed E-state index contributed by atoms with van der Waals surface area (Å²) in [4.78, 5) is 4.15. The summed E-state index contributed by atoms with van der Waals surface area (Å²) in [7, 11) is 0. The average Bonchev–Trinajstić information content (AvgIpc) is 3.06. The number of nitrogens with zero attached hydrogens (tertiary/aromatic N) is 1. The van der Waals surface area contributed by atoms with Crippen molar-refractivity contribution in [1.29, 1.82) is 0 Å². The molecular weight excluding hydrogens is 384 g/mol. The molecule has 3 nitrogen and oxygen atoms in total. The second-order valence-corrected chi connectivity index (χ2v) is 6.27. The molecule has 0 amide bonds. The number of halogens is 4. The van der Waals surface area contributed by atoms with Gasteiger partial charge in [-0.3, -0.25) is 4.99 Å². The van der Waals surface area contributed by atoms with Crippen LogP contribution in [0.1, 0.15) is 39.5 Å². The van der Waals surface area contributed by atoms with Crippen molar-refractivity contribution in [3.05, 3.63) is 76.9 Å². The fourth-order valence-corrected chi connectivity index (χ4v) is 2.47. The minimum absolute atomic E-state index is 0.0893. The van der Waals surface area contributed by atoms with E-state index in [2.05, 4.69) is 4.99 Å². The van der Waals surface area contributed by atoms with E-state index >= 15 is 0 Å². The molecular formula is C22H26F4N2O. The zero-order chi connectivity index (χ0) is 21.9. The first kappa shape index (κ1) is 24.2. The van der Waals surface area contributed by atoms with Crippen LogP contribution in [-0.2, 0) is 0 Å². The molecule has 0 radical (unpaired) electrons. The minimum Gasteiger partial charge on any atom is -0.508 e. The molecule has 0 aromatic heterocycles. The summed E-state index contributed by atoms with van der Waals surface area (Å²) >= 11 is 0. The second kappa shape index (κ2) is 11.9. The molecule has 0 atom stereocenters. The smallest absolute Gasteiger partial charge is 0.416 e. The van der Waals surface area contributed by atoms with Crippen molar-refractivity contribution >= 4 is 6.21 Å². The number of rotatable bonds is 5. The highest BCUT2D eigenvalue weighted by Gasteiger charge is 2.31. The fourth-order valence-electron chi connectivity index (χ4n) is 2.47. The van der Waals surface area contributed by atoms with E-state index in [4.69, 9.17) is 10.8 Å². The number of aliphatic imine (C=N–C) groups is 1. The average molecular weight is 410 g/mol. The molecule has 0 bridgehead atoms. The third-order valence-electron chi connectivity index (χ3n) is 3.89. The van der Waals surface area contributed by atoms with Crippen LogP contribution in [0.15, 0.2) is 76.1 Å². The maximum atomic E-state index is 12.9. The molecule has 29 heavy (non-hydrogen) atoms. The lowest BCUT2D eigenvalue weighted by Crippen LogP contribution is -2.10. The van der Waals surface area contributed by atoms with Crippen LogP contribution in [0.25, 0.3) is 0 Å². The summed E-state index contributed by atoms with van der Waals surface area (Å²) in [6, 6.07) is 5.01. The van der Waals surface area contributed by atoms with E-state index in [9.17, 15) is 17.6 Å². The van der Waals surface area contributed by atoms with E-state index in [1.807, 2.05) is 0 Å². The molecule has 1 aromatic carbocycles. The van der Waals surface area contributed by atoms with Gasteiger partial charge in [0, 0.05) is 11.9 Å². The fraction of sp³-hybridized carbons (Fsp3) is 0.318. The second-order valence-electron chi connectivity index (χ2n) is 6.27. The van der Waals surface area contributed by atoms with Crippen molar-refractivity contribution in [3.8, 4) is 5.75 Å². The zero-order valence-electron chi connectivity index (χ0n) is 16.5. The van der Waals surface area contributed by atoms with Gasteiger partial charge in [-0.1, -0.05) is 19.1 Å². The Bertz CT molecular complexity index is 780. The number of alkyl halides is 3. The normalized spacial score (nSPS) is 15.9. The number of hydrogen-bond donors (Lipinski definition) is 2. The van der Waals surface area contributed by atoms with E-state index in [0.29, 0.717) is 6.42 Å². The molecule has 0 spiro atoms. The lowest BCUT2D eigenvalue weighted by molar-refractivity contribution is -0.0884. The van der Waals surface area contributed by atoms with Gasteiger partial charge in [-0.25, -0.2) is 4.39 Å². The van der Waals surface area contributed by atoms with Gasteiger partial charge in [-0.05, 0) is 74.6 Å². The van der Waals surface area contributed by atoms with Crippen LogP contribution >= 0.6 is 0 Å². The highest BCUT2D eigenvalue weighted by atomic mass is 19.4. The van der Waals surface area contributed by atoms with Gasteiger partial charge in [-0.2, -0.15) is 13.2 Å². The van der Waals surface area contributed by atoms with Crippen LogP contribution in [0.4, 0.5) is 17.6 Å². The first-order valence-electron chi connectivity index (χ1n) is 9.25. The number of aromatic hydroxyl groups is 1. The first-order chi connectivity index (χ1) is 13.7. The standard InChI is InChI=1S/C16H21F3N2.C6H5FO/c1-3-6-13(16(17,18)19)10-14(7-4-2)21-11-12-8-5-9-15(12)20;7-5-1-3-6(8)4-2-5/h4,6-7,10-11H,3,5,8-9,20H2,1-2H3;1-4,8H/b7-4-,13-6-,14-10+,21-11?;. The predicted molar refractivity (Wildman–Crippen MR) is 109 cm³/mol. The lowest BCUT2D eigenvalue weighted by atomic mass is 10.1. The van der Waals surface area contributed by atoms with Crippen molar-refractivity contribution < 1.29 is 22.7 Å². The summed E-state index contributed by atoms with van der Waals surface area (Å²) < 4.78 is 50.7. The Hall–Kier alpha value is -2.83. The Morgan fingerprint density at radius 1 is 1.21 bits per heavy atom. The number of phenols is 1. The molecule has 1 aliphatic carbocycles. The van der Waals surface area contributed by atoms with Crippen LogP contribution in [0.5, 0.6) is 5.75 Å². The van der Waals surface area contributed by atoms with Gasteiger partial charge < -0.3 is 10.8 Å². The van der Waals surface area contributed by atoms with Gasteiger partial charge >= 0.3 is 6.18 Å². The van der Waals surface area contributed by atoms with E-state index in [0.717, 1.165) is 42.7 Å². The highest BCUT2D eigenvalue weighted by Crippen LogP contribution is 2.28. The molecule has 1 aromatic rings. The van der Waals surface area contributed by atoms with Crippen LogP contribution < -0.4 is 5.73 Å². The third-order valence-corrected chi connectivity index (χ3v) is 3.89. The monoisotopic (exact) mass is 410 g/mol. The van der Waals surface area contributed by atoms with E-state index in [-0.39, 0.29) is 17.3 Å². The largest absolute Gasteiger partial charge is 0.508 e. The summed E-state index contributed by atoms with van der Waals surface area (Å²) in [5.74, 6) is -0.241. The number of hydrogen-bond acceptors (Lipinski definition) is 3. The molecule has 158 valence electrons. The molecule has 0 saturated heterocycles. The van der Waals surface area contributed by atoms with Gasteiger partial charge in [-0.15, -0.1) is 0 Å². The van der Waals surface area contributed by atoms with Crippen LogP contribution in [-0.4, -0.2) is 17.5 Å². The van der Waals surface area contributed by atoms with Gasteiger partial charge in [0.15, 0.2) is 0 Å². The maximum Gasteiger partial charge on any atom is 0.416 e. The maximum absolute atomic E-state index is 12.9. The van der Waals surface area contributed by atoms with Gasteiger partial charge in [0.25, 0.3) is 0 Å².